The molecule has 1 heterocycles. The lowest BCUT2D eigenvalue weighted by molar-refractivity contribution is 0.0848. The molecule has 0 radical (unpaired) electrons. The van der Waals surface area contributed by atoms with Crippen LogP contribution in [-0.2, 0) is 6.61 Å². The van der Waals surface area contributed by atoms with Crippen LogP contribution < -0.4 is 0 Å². The van der Waals surface area contributed by atoms with Gasteiger partial charge in [-0.3, -0.25) is 4.79 Å². The molecule has 0 aromatic carbocycles. The van der Waals surface area contributed by atoms with E-state index in [-0.39, 0.29) is 41.6 Å². The average Bonchev–Trinajstić information content (AvgIpc) is 3.15. The van der Waals surface area contributed by atoms with E-state index in [1.165, 1.54) is 6.07 Å². The molecule has 0 saturated heterocycles. The summed E-state index contributed by atoms with van der Waals surface area (Å²) in [6.45, 7) is 0.397. The van der Waals surface area contributed by atoms with Crippen LogP contribution in [0.1, 0.15) is 64.1 Å². The Morgan fingerprint density at radius 3 is 1.77 bits per heavy atom. The van der Waals surface area contributed by atoms with E-state index in [9.17, 15) is 4.79 Å². The maximum atomic E-state index is 9.96. The minimum atomic E-state index is -0.600. The third kappa shape index (κ3) is 19.0. The smallest absolute Gasteiger partial charge is 0.185 e. The van der Waals surface area contributed by atoms with E-state index in [4.69, 9.17) is 35.1 Å². The van der Waals surface area contributed by atoms with Crippen LogP contribution in [0.2, 0.25) is 0 Å². The second-order valence-corrected chi connectivity index (χ2v) is 5.50. The van der Waals surface area contributed by atoms with E-state index in [1.54, 1.807) is 6.07 Å². The number of aliphatic hydroxyl groups is 6. The first-order valence-electron chi connectivity index (χ1n) is 8.85. The van der Waals surface area contributed by atoms with Crippen LogP contribution in [0.15, 0.2) is 16.5 Å². The highest BCUT2D eigenvalue weighted by atomic mass is 16.4. The summed E-state index contributed by atoms with van der Waals surface area (Å²) in [5, 5.41) is 50.4. The molecule has 1 aromatic heterocycles. The van der Waals surface area contributed by atoms with Crippen LogP contribution in [0.5, 0.6) is 0 Å². The van der Waals surface area contributed by atoms with Gasteiger partial charge in [0.25, 0.3) is 0 Å². The third-order valence-electron chi connectivity index (χ3n) is 3.18. The lowest BCUT2D eigenvalue weighted by atomic mass is 10.2. The lowest BCUT2D eigenvalue weighted by Crippen LogP contribution is -2.11. The molecule has 8 heteroatoms. The summed E-state index contributed by atoms with van der Waals surface area (Å²) in [4.78, 5) is 9.96. The number of rotatable bonds is 12. The molecule has 0 spiro atoms. The Morgan fingerprint density at radius 1 is 0.885 bits per heavy atom. The largest absolute Gasteiger partial charge is 0.456 e. The van der Waals surface area contributed by atoms with Gasteiger partial charge < -0.3 is 35.1 Å². The molecule has 0 aliphatic heterocycles. The first kappa shape index (κ1) is 26.9. The number of furan rings is 1. The van der Waals surface area contributed by atoms with Crippen molar-refractivity contribution >= 4 is 6.29 Å². The highest BCUT2D eigenvalue weighted by molar-refractivity contribution is 5.70. The van der Waals surface area contributed by atoms with Crippen molar-refractivity contribution in [1.29, 1.82) is 0 Å². The van der Waals surface area contributed by atoms with Gasteiger partial charge in [-0.2, -0.15) is 0 Å². The van der Waals surface area contributed by atoms with Crippen molar-refractivity contribution in [2.45, 2.75) is 57.7 Å². The van der Waals surface area contributed by atoms with Gasteiger partial charge in [-0.15, -0.1) is 0 Å². The summed E-state index contributed by atoms with van der Waals surface area (Å²) >= 11 is 0. The second-order valence-electron chi connectivity index (χ2n) is 5.50. The molecular formula is C18H38O8. The van der Waals surface area contributed by atoms with E-state index < -0.39 is 6.10 Å². The maximum Gasteiger partial charge on any atom is 0.185 e. The fourth-order valence-corrected chi connectivity index (χ4v) is 1.70. The number of carbonyl (C=O) groups is 1. The fraction of sp³-hybridized carbons (Fsp3) is 0.722. The van der Waals surface area contributed by atoms with Crippen LogP contribution in [0.25, 0.3) is 0 Å². The molecule has 6 N–H and O–H groups in total. The quantitative estimate of drug-likeness (QED) is 0.232. The highest BCUT2D eigenvalue weighted by Crippen LogP contribution is 2.04. The summed E-state index contributed by atoms with van der Waals surface area (Å²) in [6, 6.07) is 3.07. The first-order chi connectivity index (χ1) is 12.6. The Hall–Kier alpha value is -1.29. The summed E-state index contributed by atoms with van der Waals surface area (Å²) in [7, 11) is 0. The normalized spacial score (nSPS) is 11.0. The zero-order valence-electron chi connectivity index (χ0n) is 15.3. The molecule has 0 bridgehead atoms. The van der Waals surface area contributed by atoms with Gasteiger partial charge >= 0.3 is 0 Å². The minimum Gasteiger partial charge on any atom is -0.456 e. The zero-order chi connectivity index (χ0) is 20.0. The van der Waals surface area contributed by atoms with Crippen LogP contribution in [0.4, 0.5) is 0 Å². The summed E-state index contributed by atoms with van der Waals surface area (Å²) in [5.41, 5.74) is 0. The van der Waals surface area contributed by atoms with Crippen molar-refractivity contribution in [2.75, 3.05) is 26.4 Å². The van der Waals surface area contributed by atoms with Gasteiger partial charge in [0, 0.05) is 22.7 Å². The molecule has 1 rings (SSSR count). The topological polar surface area (TPSA) is 152 Å². The third-order valence-corrected chi connectivity index (χ3v) is 3.18. The van der Waals surface area contributed by atoms with Crippen LogP contribution in [-0.4, -0.2) is 69.5 Å². The molecule has 0 saturated carbocycles. The summed E-state index contributed by atoms with van der Waals surface area (Å²) in [6.07, 6.45) is 5.89. The van der Waals surface area contributed by atoms with Crippen molar-refractivity contribution in [3.63, 3.8) is 0 Å². The van der Waals surface area contributed by atoms with Crippen molar-refractivity contribution in [3.8, 4) is 0 Å². The van der Waals surface area contributed by atoms with Gasteiger partial charge in [0.05, 0.1) is 12.7 Å². The Labute approximate surface area is 157 Å². The second kappa shape index (κ2) is 21.8. The number of aliphatic hydroxyl groups excluding tert-OH is 6. The molecular weight excluding hydrogens is 344 g/mol. The predicted octanol–water partition coefficient (Wildman–Crippen LogP) is 1.11. The molecule has 0 amide bonds. The van der Waals surface area contributed by atoms with Gasteiger partial charge in [-0.1, -0.05) is 12.8 Å². The SMILES string of the molecule is O=Cc1ccc(CO)o1.OCCCCC(O)CO.OCCCCCCO.[HH].[HH]. The summed E-state index contributed by atoms with van der Waals surface area (Å²) < 4.78 is 4.76. The zero-order valence-corrected chi connectivity index (χ0v) is 15.3. The summed E-state index contributed by atoms with van der Waals surface area (Å²) in [5.74, 6) is 0.663. The monoisotopic (exact) mass is 382 g/mol. The Bertz CT molecular complexity index is 399. The number of hydrogen-bond acceptors (Lipinski definition) is 8. The molecule has 1 unspecified atom stereocenters. The standard InChI is InChI=1S/C6H6O3.C6H14O3.C6H14O2.2H2/c7-3-5-1-2-6(4-8)9-5;7-4-2-1-3-6(9)5-8;7-5-3-1-2-4-6-8;;/h1-3,8H,4H2;6-9H,1-5H2;7-8H,1-6H2;2*1H. The number of hydrogen-bond donors (Lipinski definition) is 6. The van der Waals surface area contributed by atoms with Crippen molar-refractivity contribution in [2.24, 2.45) is 0 Å². The Kier molecular flexibility index (Phi) is 22.5. The number of unbranched alkanes of at least 4 members (excludes halogenated alkanes) is 4. The van der Waals surface area contributed by atoms with Gasteiger partial charge in [0.2, 0.25) is 0 Å². The molecule has 0 fully saturated rings. The molecule has 1 aromatic rings. The minimum absolute atomic E-state index is 0. The van der Waals surface area contributed by atoms with Gasteiger partial charge in [0.1, 0.15) is 12.4 Å². The van der Waals surface area contributed by atoms with E-state index in [1.807, 2.05) is 0 Å². The molecule has 158 valence electrons. The predicted molar refractivity (Wildman–Crippen MR) is 101 cm³/mol. The molecule has 1 atom stereocenters. The van der Waals surface area contributed by atoms with Gasteiger partial charge in [0.15, 0.2) is 12.0 Å². The van der Waals surface area contributed by atoms with Crippen molar-refractivity contribution in [3.05, 3.63) is 23.7 Å². The maximum absolute atomic E-state index is 9.96. The first-order valence-corrected chi connectivity index (χ1v) is 8.85. The van der Waals surface area contributed by atoms with Crippen LogP contribution >= 0.6 is 0 Å². The fourth-order valence-electron chi connectivity index (χ4n) is 1.70. The average molecular weight is 382 g/mol. The van der Waals surface area contributed by atoms with Crippen LogP contribution in [0, 0.1) is 0 Å². The Morgan fingerprint density at radius 2 is 1.42 bits per heavy atom. The van der Waals surface area contributed by atoms with E-state index in [0.29, 0.717) is 24.9 Å². The molecule has 8 nitrogen and oxygen atoms in total. The van der Waals surface area contributed by atoms with E-state index in [2.05, 4.69) is 0 Å². The molecule has 0 aliphatic rings. The van der Waals surface area contributed by atoms with Crippen LogP contribution in [0.3, 0.4) is 0 Å². The lowest BCUT2D eigenvalue weighted by Gasteiger charge is -2.03. The van der Waals surface area contributed by atoms with E-state index >= 15 is 0 Å². The molecule has 0 aliphatic carbocycles. The number of carbonyl (C=O) groups excluding carboxylic acids is 1. The highest BCUT2D eigenvalue weighted by Gasteiger charge is 1.99. The van der Waals surface area contributed by atoms with Gasteiger partial charge in [-0.25, -0.2) is 0 Å². The van der Waals surface area contributed by atoms with Gasteiger partial charge in [-0.05, 0) is 44.2 Å². The van der Waals surface area contributed by atoms with Crippen molar-refractivity contribution in [1.82, 2.24) is 0 Å². The number of aldehydes is 1. The van der Waals surface area contributed by atoms with E-state index in [0.717, 1.165) is 32.1 Å². The van der Waals surface area contributed by atoms with Crippen molar-refractivity contribution < 1.29 is 42.7 Å². The Balaban J connectivity index is -0.000000149. The molecule has 26 heavy (non-hydrogen) atoms.